The van der Waals surface area contributed by atoms with Crippen molar-refractivity contribution >= 4 is 16.0 Å². The Labute approximate surface area is 174 Å². The molecule has 0 radical (unpaired) electrons. The summed E-state index contributed by atoms with van der Waals surface area (Å²) in [6.07, 6.45) is 4.87. The van der Waals surface area contributed by atoms with Crippen molar-refractivity contribution in [2.24, 2.45) is 0 Å². The van der Waals surface area contributed by atoms with Crippen LogP contribution in [0.5, 0.6) is 5.75 Å². The number of pyridine rings is 1. The van der Waals surface area contributed by atoms with Crippen LogP contribution in [0.1, 0.15) is 16.8 Å². The molecule has 0 spiro atoms. The number of methoxy groups -OCH3 is 1. The molecular weight excluding hydrogens is 409 g/mol. The van der Waals surface area contributed by atoms with E-state index in [1.807, 2.05) is 12.1 Å². The van der Waals surface area contributed by atoms with Crippen LogP contribution in [0.3, 0.4) is 0 Å². The number of aromatic nitrogens is 3. The van der Waals surface area contributed by atoms with Crippen molar-refractivity contribution in [1.82, 2.24) is 19.3 Å². The number of hydrogen-bond donors (Lipinski definition) is 1. The van der Waals surface area contributed by atoms with Crippen molar-refractivity contribution in [1.29, 1.82) is 0 Å². The van der Waals surface area contributed by atoms with Gasteiger partial charge in [-0.1, -0.05) is 12.1 Å². The zero-order valence-electron chi connectivity index (χ0n) is 16.2. The molecule has 3 heterocycles. The molecule has 0 saturated heterocycles. The maximum Gasteiger partial charge on any atom is 0.303 e. The number of hydrogen-bond acceptors (Lipinski definition) is 6. The van der Waals surface area contributed by atoms with E-state index in [1.54, 1.807) is 25.4 Å². The van der Waals surface area contributed by atoms with E-state index in [0.717, 1.165) is 16.7 Å². The Hall–Kier alpha value is -3.11. The first kappa shape index (κ1) is 20.2. The van der Waals surface area contributed by atoms with Gasteiger partial charge in [-0.25, -0.2) is 14.4 Å². The lowest BCUT2D eigenvalue weighted by molar-refractivity contribution is 0.388. The van der Waals surface area contributed by atoms with E-state index in [1.165, 1.54) is 22.9 Å². The highest BCUT2D eigenvalue weighted by Crippen LogP contribution is 2.36. The zero-order chi connectivity index (χ0) is 21.1. The van der Waals surface area contributed by atoms with Gasteiger partial charge in [0, 0.05) is 24.5 Å². The normalized spacial score (nSPS) is 14.2. The molecule has 2 aromatic heterocycles. The van der Waals surface area contributed by atoms with Crippen LogP contribution in [0, 0.1) is 0 Å². The molecule has 0 unspecified atom stereocenters. The summed E-state index contributed by atoms with van der Waals surface area (Å²) in [5, 5.41) is 0. The van der Waals surface area contributed by atoms with Gasteiger partial charge in [-0.3, -0.25) is 9.71 Å². The van der Waals surface area contributed by atoms with Gasteiger partial charge in [-0.15, -0.1) is 0 Å². The van der Waals surface area contributed by atoms with Crippen LogP contribution in [0.25, 0.3) is 11.1 Å². The van der Waals surface area contributed by atoms with E-state index in [4.69, 9.17) is 4.74 Å². The number of benzene rings is 1. The number of ether oxygens (including phenoxy) is 1. The van der Waals surface area contributed by atoms with Crippen LogP contribution in [0.15, 0.2) is 49.1 Å². The zero-order valence-corrected chi connectivity index (χ0v) is 17.1. The van der Waals surface area contributed by atoms with E-state index in [9.17, 15) is 12.8 Å². The predicted octanol–water partition coefficient (Wildman–Crippen LogP) is 2.73. The molecule has 3 aromatic rings. The minimum atomic E-state index is -3.79. The van der Waals surface area contributed by atoms with Crippen molar-refractivity contribution in [3.8, 4) is 16.9 Å². The lowest BCUT2D eigenvalue weighted by Crippen LogP contribution is -2.40. The summed E-state index contributed by atoms with van der Waals surface area (Å²) < 4.78 is 47.8. The first-order chi connectivity index (χ1) is 14.5. The maximum atomic E-state index is 13.0. The number of alkyl halides is 1. The van der Waals surface area contributed by atoms with Gasteiger partial charge in [0.15, 0.2) is 0 Å². The highest BCUT2D eigenvalue weighted by Gasteiger charge is 2.29. The molecule has 0 saturated carbocycles. The number of nitrogens with one attached hydrogen (secondary N) is 1. The Kier molecular flexibility index (Phi) is 5.60. The van der Waals surface area contributed by atoms with Gasteiger partial charge < -0.3 is 4.74 Å². The molecule has 156 valence electrons. The van der Waals surface area contributed by atoms with Crippen molar-refractivity contribution in [2.75, 3.05) is 18.4 Å². The molecule has 0 aliphatic carbocycles. The summed E-state index contributed by atoms with van der Waals surface area (Å²) >= 11 is 0. The van der Waals surface area contributed by atoms with Crippen LogP contribution in [-0.2, 0) is 29.8 Å². The third kappa shape index (κ3) is 3.96. The molecular formula is C20H20FN5O3S. The van der Waals surface area contributed by atoms with Gasteiger partial charge in [-0.05, 0) is 41.3 Å². The van der Waals surface area contributed by atoms with Gasteiger partial charge in [0.2, 0.25) is 0 Å². The van der Waals surface area contributed by atoms with Gasteiger partial charge in [0.05, 0.1) is 19.3 Å². The number of anilines is 1. The standard InChI is InChI=1S/C20H20FN5O3S/c1-29-19-10-14(11-21)2-3-17(19)15-4-8-23-18-12-26(9-6-16(15)18)30(27,28)25-20-5-7-22-13-24-20/h2-5,7-8,10,13H,6,9,11-12H2,1H3,(H,22,24,25). The van der Waals surface area contributed by atoms with Crippen LogP contribution < -0.4 is 9.46 Å². The summed E-state index contributed by atoms with van der Waals surface area (Å²) in [6.45, 7) is -0.150. The molecule has 10 heteroatoms. The van der Waals surface area contributed by atoms with E-state index >= 15 is 0 Å². The number of halogens is 1. The van der Waals surface area contributed by atoms with E-state index in [2.05, 4.69) is 19.7 Å². The summed E-state index contributed by atoms with van der Waals surface area (Å²) in [6, 6.07) is 8.57. The summed E-state index contributed by atoms with van der Waals surface area (Å²) in [5.41, 5.74) is 3.89. The number of fused-ring (bicyclic) bond motifs is 1. The third-order valence-corrected chi connectivity index (χ3v) is 6.41. The number of nitrogens with zero attached hydrogens (tertiary/aromatic N) is 4. The Morgan fingerprint density at radius 2 is 2.03 bits per heavy atom. The van der Waals surface area contributed by atoms with Crippen LogP contribution in [-0.4, -0.2) is 41.3 Å². The number of rotatable bonds is 6. The van der Waals surface area contributed by atoms with Crippen molar-refractivity contribution in [2.45, 2.75) is 19.6 Å². The van der Waals surface area contributed by atoms with Gasteiger partial charge in [-0.2, -0.15) is 12.7 Å². The molecule has 1 aromatic carbocycles. The van der Waals surface area contributed by atoms with E-state index < -0.39 is 16.9 Å². The monoisotopic (exact) mass is 429 g/mol. The molecule has 1 N–H and O–H groups in total. The SMILES string of the molecule is COc1cc(CF)ccc1-c1ccnc2c1CCN(S(=O)(=O)Nc1ccncn1)C2. The Bertz CT molecular complexity index is 1160. The van der Waals surface area contributed by atoms with Gasteiger partial charge in [0.1, 0.15) is 24.6 Å². The molecule has 1 aliphatic heterocycles. The second kappa shape index (κ2) is 8.33. The maximum absolute atomic E-state index is 13.0. The second-order valence-electron chi connectivity index (χ2n) is 6.74. The van der Waals surface area contributed by atoms with Crippen molar-refractivity contribution < 1.29 is 17.5 Å². The summed E-state index contributed by atoms with van der Waals surface area (Å²) in [5.74, 6) is 0.772. The molecule has 0 amide bonds. The summed E-state index contributed by atoms with van der Waals surface area (Å²) in [4.78, 5) is 12.1. The van der Waals surface area contributed by atoms with Gasteiger partial charge in [0.25, 0.3) is 0 Å². The lowest BCUT2D eigenvalue weighted by Gasteiger charge is -2.29. The van der Waals surface area contributed by atoms with Crippen molar-refractivity contribution in [3.05, 3.63) is 65.9 Å². The summed E-state index contributed by atoms with van der Waals surface area (Å²) in [7, 11) is -2.25. The Morgan fingerprint density at radius 1 is 1.17 bits per heavy atom. The minimum absolute atomic E-state index is 0.133. The first-order valence-electron chi connectivity index (χ1n) is 9.25. The minimum Gasteiger partial charge on any atom is -0.496 e. The molecule has 30 heavy (non-hydrogen) atoms. The highest BCUT2D eigenvalue weighted by molar-refractivity contribution is 7.90. The van der Waals surface area contributed by atoms with E-state index in [-0.39, 0.29) is 18.9 Å². The van der Waals surface area contributed by atoms with E-state index in [0.29, 0.717) is 23.4 Å². The first-order valence-corrected chi connectivity index (χ1v) is 10.7. The molecule has 0 fully saturated rings. The average molecular weight is 429 g/mol. The van der Waals surface area contributed by atoms with Crippen LogP contribution in [0.4, 0.5) is 10.2 Å². The largest absolute Gasteiger partial charge is 0.496 e. The quantitative estimate of drug-likeness (QED) is 0.647. The fraction of sp³-hybridized carbons (Fsp3) is 0.250. The topological polar surface area (TPSA) is 97.3 Å². The molecule has 1 aliphatic rings. The second-order valence-corrected chi connectivity index (χ2v) is 8.41. The average Bonchev–Trinajstić information content (AvgIpc) is 2.78. The molecule has 0 atom stereocenters. The van der Waals surface area contributed by atoms with Crippen LogP contribution >= 0.6 is 0 Å². The molecule has 0 bridgehead atoms. The Morgan fingerprint density at radius 3 is 2.77 bits per heavy atom. The lowest BCUT2D eigenvalue weighted by atomic mass is 9.94. The fourth-order valence-corrected chi connectivity index (χ4v) is 4.62. The molecule has 4 rings (SSSR count). The Balaban J connectivity index is 1.64. The van der Waals surface area contributed by atoms with Gasteiger partial charge >= 0.3 is 10.2 Å². The van der Waals surface area contributed by atoms with Crippen molar-refractivity contribution in [3.63, 3.8) is 0 Å². The highest BCUT2D eigenvalue weighted by atomic mass is 32.2. The molecule has 8 nitrogen and oxygen atoms in total. The predicted molar refractivity (Wildman–Crippen MR) is 110 cm³/mol. The third-order valence-electron chi connectivity index (χ3n) is 4.95. The smallest absolute Gasteiger partial charge is 0.303 e. The van der Waals surface area contributed by atoms with Crippen LogP contribution in [0.2, 0.25) is 0 Å². The fourth-order valence-electron chi connectivity index (χ4n) is 3.48.